The number of fused-ring (bicyclic) bond motifs is 1. The zero-order chi connectivity index (χ0) is 24.3. The topological polar surface area (TPSA) is 103 Å². The van der Waals surface area contributed by atoms with Crippen LogP contribution >= 0.6 is 15.9 Å². The van der Waals surface area contributed by atoms with Gasteiger partial charge in [-0.2, -0.15) is 0 Å². The highest BCUT2D eigenvalue weighted by Crippen LogP contribution is 2.32. The molecular weight excluding hydrogens is 493 g/mol. The predicted octanol–water partition coefficient (Wildman–Crippen LogP) is 2.63. The van der Waals surface area contributed by atoms with Gasteiger partial charge < -0.3 is 16.0 Å². The van der Waals surface area contributed by atoms with Gasteiger partial charge >= 0.3 is 0 Å². The monoisotopic (exact) mass is 519 g/mol. The second-order valence-electron chi connectivity index (χ2n) is 8.27. The quantitative estimate of drug-likeness (QED) is 0.521. The lowest BCUT2D eigenvalue weighted by atomic mass is 10.0. The fourth-order valence-electron chi connectivity index (χ4n) is 3.60. The molecule has 0 aliphatic carbocycles. The number of nitrogens with zero attached hydrogens (tertiary/aromatic N) is 2. The fraction of sp³-hybridized carbons (Fsp3) is 0.391. The first-order valence-electron chi connectivity index (χ1n) is 10.6. The molecule has 1 aliphatic heterocycles. The van der Waals surface area contributed by atoms with Crippen LogP contribution in [0.4, 0.5) is 15.9 Å². The second-order valence-corrected chi connectivity index (χ2v) is 9.18. The molecule has 3 N–H and O–H groups in total. The Morgan fingerprint density at radius 1 is 1.21 bits per heavy atom. The highest BCUT2D eigenvalue weighted by Gasteiger charge is 2.43. The van der Waals surface area contributed by atoms with E-state index in [2.05, 4.69) is 36.9 Å². The summed E-state index contributed by atoms with van der Waals surface area (Å²) in [6, 6.07) is 5.51. The van der Waals surface area contributed by atoms with Crippen molar-refractivity contribution in [3.8, 4) is 0 Å². The molecule has 0 saturated heterocycles. The number of halogens is 2. The minimum atomic E-state index is -0.940. The van der Waals surface area contributed by atoms with Gasteiger partial charge in [0.05, 0.1) is 11.7 Å². The lowest BCUT2D eigenvalue weighted by Crippen LogP contribution is -2.57. The van der Waals surface area contributed by atoms with E-state index in [1.54, 1.807) is 38.4 Å². The number of amides is 3. The summed E-state index contributed by atoms with van der Waals surface area (Å²) in [4.78, 5) is 45.0. The van der Waals surface area contributed by atoms with Crippen molar-refractivity contribution in [3.05, 3.63) is 52.4 Å². The number of pyridine rings is 1. The summed E-state index contributed by atoms with van der Waals surface area (Å²) in [6.07, 6.45) is 1.77. The fourth-order valence-corrected chi connectivity index (χ4v) is 3.93. The smallest absolute Gasteiger partial charge is 0.251 e. The molecule has 0 fully saturated rings. The molecule has 0 bridgehead atoms. The Morgan fingerprint density at radius 3 is 2.58 bits per heavy atom. The largest absolute Gasteiger partial charge is 0.343 e. The summed E-state index contributed by atoms with van der Waals surface area (Å²) in [5.74, 6) is -1.80. The molecule has 0 saturated carbocycles. The predicted molar refractivity (Wildman–Crippen MR) is 127 cm³/mol. The average Bonchev–Trinajstić information content (AvgIpc) is 3.17. The summed E-state index contributed by atoms with van der Waals surface area (Å²) >= 11 is 3.19. The van der Waals surface area contributed by atoms with Crippen molar-refractivity contribution in [1.82, 2.24) is 15.6 Å². The Bertz CT molecular complexity index is 1060. The summed E-state index contributed by atoms with van der Waals surface area (Å²) in [5, 5.41) is 8.21. The number of nitrogens with one attached hydrogen (secondary N) is 3. The number of carbonyl (C=O) groups is 3. The molecule has 10 heteroatoms. The summed E-state index contributed by atoms with van der Waals surface area (Å²) < 4.78 is 14.9. The van der Waals surface area contributed by atoms with Gasteiger partial charge in [-0.3, -0.25) is 19.3 Å². The third-order valence-electron chi connectivity index (χ3n) is 5.61. The van der Waals surface area contributed by atoms with E-state index in [0.29, 0.717) is 10.3 Å². The van der Waals surface area contributed by atoms with E-state index >= 15 is 0 Å². The Kier molecular flexibility index (Phi) is 7.80. The van der Waals surface area contributed by atoms with Gasteiger partial charge in [-0.25, -0.2) is 9.37 Å². The van der Waals surface area contributed by atoms with Crippen LogP contribution in [-0.2, 0) is 20.8 Å². The van der Waals surface area contributed by atoms with Crippen molar-refractivity contribution in [2.45, 2.75) is 45.3 Å². The van der Waals surface area contributed by atoms with Gasteiger partial charge in [0.25, 0.3) is 5.91 Å². The van der Waals surface area contributed by atoms with Crippen LogP contribution in [0.2, 0.25) is 0 Å². The number of hydrogen-bond donors (Lipinski definition) is 3. The Hall–Kier alpha value is -2.85. The molecule has 3 amide bonds. The molecular formula is C23H27BrFN5O3. The van der Waals surface area contributed by atoms with Crippen molar-refractivity contribution >= 4 is 45.2 Å². The first-order chi connectivity index (χ1) is 15.6. The summed E-state index contributed by atoms with van der Waals surface area (Å²) in [7, 11) is 1.65. The number of anilines is 2. The van der Waals surface area contributed by atoms with Gasteiger partial charge in [-0.05, 0) is 49.7 Å². The maximum absolute atomic E-state index is 14.3. The third kappa shape index (κ3) is 5.39. The highest BCUT2D eigenvalue weighted by atomic mass is 79.9. The number of hydrogen-bond acceptors (Lipinski definition) is 5. The first kappa shape index (κ1) is 24.8. The average molecular weight is 520 g/mol. The minimum absolute atomic E-state index is 0.0103. The number of rotatable bonds is 7. The van der Waals surface area contributed by atoms with Crippen LogP contribution in [0.1, 0.15) is 26.3 Å². The van der Waals surface area contributed by atoms with Gasteiger partial charge in [0.15, 0.2) is 0 Å². The van der Waals surface area contributed by atoms with Crippen molar-refractivity contribution in [1.29, 1.82) is 0 Å². The van der Waals surface area contributed by atoms with E-state index in [1.807, 2.05) is 13.8 Å². The van der Waals surface area contributed by atoms with E-state index in [4.69, 9.17) is 0 Å². The van der Waals surface area contributed by atoms with Gasteiger partial charge in [-0.1, -0.05) is 35.8 Å². The number of likely N-dealkylation sites (N-methyl/N-ethyl adjacent to an activating group) is 1. The molecule has 2 aromatic rings. The maximum atomic E-state index is 14.3. The number of aromatic nitrogens is 1. The number of carbonyl (C=O) groups excluding carboxylic acids is 3. The lowest BCUT2D eigenvalue weighted by molar-refractivity contribution is -0.130. The first-order valence-corrected chi connectivity index (χ1v) is 11.4. The SMILES string of the molecule is CNC(C)C(=O)NC(C(=O)N1c2ncccc2CC1C(=O)Nc1ccc(Br)cc1F)C(C)C. The molecule has 3 unspecified atom stereocenters. The van der Waals surface area contributed by atoms with E-state index in [-0.39, 0.29) is 23.9 Å². The van der Waals surface area contributed by atoms with Crippen LogP contribution in [0.25, 0.3) is 0 Å². The van der Waals surface area contributed by atoms with Gasteiger partial charge in [0, 0.05) is 17.1 Å². The van der Waals surface area contributed by atoms with Crippen molar-refractivity contribution < 1.29 is 18.8 Å². The molecule has 2 heterocycles. The molecule has 3 atom stereocenters. The highest BCUT2D eigenvalue weighted by molar-refractivity contribution is 9.10. The van der Waals surface area contributed by atoms with Crippen LogP contribution < -0.4 is 20.9 Å². The third-order valence-corrected chi connectivity index (χ3v) is 6.10. The zero-order valence-electron chi connectivity index (χ0n) is 18.9. The van der Waals surface area contributed by atoms with Crippen molar-refractivity contribution in [2.24, 2.45) is 5.92 Å². The molecule has 176 valence electrons. The minimum Gasteiger partial charge on any atom is -0.343 e. The zero-order valence-corrected chi connectivity index (χ0v) is 20.4. The normalized spacial score (nSPS) is 16.8. The van der Waals surface area contributed by atoms with Crippen LogP contribution in [0.5, 0.6) is 0 Å². The van der Waals surface area contributed by atoms with Crippen molar-refractivity contribution in [2.75, 3.05) is 17.3 Å². The van der Waals surface area contributed by atoms with Crippen LogP contribution in [0.3, 0.4) is 0 Å². The Balaban J connectivity index is 1.91. The standard InChI is InChI=1S/C23H27BrFN5O3/c1-12(2)19(29-21(31)13(3)26-4)23(33)30-18(10-14-6-5-9-27-20(14)30)22(32)28-17-8-7-15(24)11-16(17)25/h5-9,11-13,18-19,26H,10H2,1-4H3,(H,28,32)(H,29,31). The van der Waals surface area contributed by atoms with Gasteiger partial charge in [0.2, 0.25) is 11.8 Å². The Morgan fingerprint density at radius 2 is 1.94 bits per heavy atom. The van der Waals surface area contributed by atoms with E-state index < -0.39 is 35.8 Å². The van der Waals surface area contributed by atoms with Crippen LogP contribution in [-0.4, -0.2) is 47.9 Å². The molecule has 1 aromatic heterocycles. The van der Waals surface area contributed by atoms with Crippen molar-refractivity contribution in [3.63, 3.8) is 0 Å². The molecule has 3 rings (SSSR count). The van der Waals surface area contributed by atoms with Gasteiger partial charge in [-0.15, -0.1) is 0 Å². The van der Waals surface area contributed by atoms with E-state index in [9.17, 15) is 18.8 Å². The molecule has 1 aromatic carbocycles. The Labute approximate surface area is 200 Å². The van der Waals surface area contributed by atoms with Crippen LogP contribution in [0, 0.1) is 11.7 Å². The molecule has 0 spiro atoms. The molecule has 33 heavy (non-hydrogen) atoms. The lowest BCUT2D eigenvalue weighted by Gasteiger charge is -2.31. The summed E-state index contributed by atoms with van der Waals surface area (Å²) in [6.45, 7) is 5.32. The van der Waals surface area contributed by atoms with E-state index in [0.717, 1.165) is 5.56 Å². The molecule has 1 aliphatic rings. The van der Waals surface area contributed by atoms with Crippen LogP contribution in [0.15, 0.2) is 41.0 Å². The second kappa shape index (κ2) is 10.4. The number of benzene rings is 1. The molecule has 0 radical (unpaired) electrons. The summed E-state index contributed by atoms with van der Waals surface area (Å²) in [5.41, 5.74) is 0.732. The maximum Gasteiger partial charge on any atom is 0.251 e. The molecule has 8 nitrogen and oxygen atoms in total. The van der Waals surface area contributed by atoms with Gasteiger partial charge in [0.1, 0.15) is 23.7 Å². The van der Waals surface area contributed by atoms with E-state index in [1.165, 1.54) is 17.0 Å².